The minimum atomic E-state index is 0.565. The van der Waals surface area contributed by atoms with Crippen molar-refractivity contribution in [2.45, 2.75) is 51.1 Å². The molecule has 0 radical (unpaired) electrons. The summed E-state index contributed by atoms with van der Waals surface area (Å²) >= 11 is 0. The Bertz CT molecular complexity index is 377. The third kappa shape index (κ3) is 2.98. The molecule has 0 aliphatic heterocycles. The highest BCUT2D eigenvalue weighted by molar-refractivity contribution is 5.31. The third-order valence-corrected chi connectivity index (χ3v) is 3.81. The molecule has 1 aromatic rings. The van der Waals surface area contributed by atoms with Gasteiger partial charge in [-0.05, 0) is 50.2 Å². The number of nitrogens with one attached hydrogen (secondary N) is 1. The van der Waals surface area contributed by atoms with Crippen LogP contribution in [0.5, 0.6) is 0 Å². The van der Waals surface area contributed by atoms with Crippen LogP contribution in [-0.2, 0) is 0 Å². The van der Waals surface area contributed by atoms with E-state index in [4.69, 9.17) is 0 Å². The molecule has 0 heterocycles. The van der Waals surface area contributed by atoms with Crippen molar-refractivity contribution in [2.24, 2.45) is 0 Å². The molecule has 1 N–H and O–H groups in total. The van der Waals surface area contributed by atoms with E-state index >= 15 is 0 Å². The maximum atomic E-state index is 3.79. The molecular weight excluding hydrogens is 206 g/mol. The van der Waals surface area contributed by atoms with Gasteiger partial charge in [0, 0.05) is 12.1 Å². The Hall–Kier alpha value is -1.08. The predicted molar refractivity (Wildman–Crippen MR) is 74.4 cm³/mol. The van der Waals surface area contributed by atoms with Crippen LogP contribution in [-0.4, -0.2) is 12.1 Å². The standard InChI is InChI=1S/C16H23N/c1-4-7-13(3)17-15-10-14(11-15)16-9-6-5-8-12(16)2/h4-6,8-9,13-15,17H,1,7,10-11H2,2-3H3. The summed E-state index contributed by atoms with van der Waals surface area (Å²) in [5.41, 5.74) is 2.98. The van der Waals surface area contributed by atoms with Gasteiger partial charge in [-0.15, -0.1) is 6.58 Å². The summed E-state index contributed by atoms with van der Waals surface area (Å²) in [6, 6.07) is 10.0. The van der Waals surface area contributed by atoms with E-state index in [1.807, 2.05) is 6.08 Å². The second kappa shape index (κ2) is 5.50. The van der Waals surface area contributed by atoms with Crippen molar-refractivity contribution in [1.82, 2.24) is 5.32 Å². The van der Waals surface area contributed by atoms with E-state index < -0.39 is 0 Å². The highest BCUT2D eigenvalue weighted by atomic mass is 15.0. The second-order valence-corrected chi connectivity index (χ2v) is 5.31. The first-order chi connectivity index (χ1) is 8.20. The van der Waals surface area contributed by atoms with E-state index in [0.29, 0.717) is 12.1 Å². The van der Waals surface area contributed by atoms with Crippen molar-refractivity contribution < 1.29 is 0 Å². The molecule has 1 unspecified atom stereocenters. The summed E-state index contributed by atoms with van der Waals surface area (Å²) in [6.07, 6.45) is 5.62. The van der Waals surface area contributed by atoms with Crippen LogP contribution in [0.4, 0.5) is 0 Å². The molecule has 92 valence electrons. The maximum Gasteiger partial charge on any atom is 0.00813 e. The Morgan fingerprint density at radius 3 is 2.76 bits per heavy atom. The predicted octanol–water partition coefficient (Wildman–Crippen LogP) is 3.80. The van der Waals surface area contributed by atoms with Gasteiger partial charge in [0.15, 0.2) is 0 Å². The van der Waals surface area contributed by atoms with E-state index in [9.17, 15) is 0 Å². The average Bonchev–Trinajstić information content (AvgIpc) is 2.25. The third-order valence-electron chi connectivity index (χ3n) is 3.81. The number of hydrogen-bond acceptors (Lipinski definition) is 1. The molecule has 0 aromatic heterocycles. The van der Waals surface area contributed by atoms with Crippen LogP contribution in [0.2, 0.25) is 0 Å². The highest BCUT2D eigenvalue weighted by Crippen LogP contribution is 2.38. The molecule has 1 fully saturated rings. The SMILES string of the molecule is C=CCC(C)NC1CC(c2ccccc2C)C1. The van der Waals surface area contributed by atoms with Crippen LogP contribution in [0.1, 0.15) is 43.2 Å². The molecule has 0 amide bonds. The van der Waals surface area contributed by atoms with Gasteiger partial charge in [-0.2, -0.15) is 0 Å². The van der Waals surface area contributed by atoms with Crippen LogP contribution in [0.25, 0.3) is 0 Å². The number of benzene rings is 1. The van der Waals surface area contributed by atoms with Crippen LogP contribution in [0.3, 0.4) is 0 Å². The molecule has 2 rings (SSSR count). The summed E-state index contributed by atoms with van der Waals surface area (Å²) in [6.45, 7) is 8.24. The van der Waals surface area contributed by atoms with Gasteiger partial charge in [-0.3, -0.25) is 0 Å². The summed E-state index contributed by atoms with van der Waals surface area (Å²) in [5.74, 6) is 0.768. The molecule has 1 aliphatic carbocycles. The van der Waals surface area contributed by atoms with E-state index in [2.05, 4.69) is 50.0 Å². The second-order valence-electron chi connectivity index (χ2n) is 5.31. The van der Waals surface area contributed by atoms with E-state index in [1.54, 1.807) is 5.56 Å². The van der Waals surface area contributed by atoms with Gasteiger partial charge in [-0.1, -0.05) is 30.3 Å². The first-order valence-electron chi connectivity index (χ1n) is 6.63. The number of aryl methyl sites for hydroxylation is 1. The van der Waals surface area contributed by atoms with Gasteiger partial charge in [0.1, 0.15) is 0 Å². The van der Waals surface area contributed by atoms with Crippen molar-refractivity contribution >= 4 is 0 Å². The van der Waals surface area contributed by atoms with E-state index in [0.717, 1.165) is 12.3 Å². The summed E-state index contributed by atoms with van der Waals surface area (Å²) in [7, 11) is 0. The maximum absolute atomic E-state index is 3.79. The van der Waals surface area contributed by atoms with Gasteiger partial charge in [0.05, 0.1) is 0 Å². The Kier molecular flexibility index (Phi) is 4.01. The molecule has 0 bridgehead atoms. The molecule has 0 spiro atoms. The Morgan fingerprint density at radius 1 is 1.41 bits per heavy atom. The van der Waals surface area contributed by atoms with Crippen LogP contribution in [0, 0.1) is 6.92 Å². The summed E-state index contributed by atoms with van der Waals surface area (Å²) in [4.78, 5) is 0. The fraction of sp³-hybridized carbons (Fsp3) is 0.500. The van der Waals surface area contributed by atoms with Crippen molar-refractivity contribution in [3.05, 3.63) is 48.0 Å². The minimum Gasteiger partial charge on any atom is -0.311 e. The number of rotatable bonds is 5. The largest absolute Gasteiger partial charge is 0.311 e. The molecule has 1 aliphatic rings. The first kappa shape index (κ1) is 12.4. The molecule has 1 heteroatoms. The topological polar surface area (TPSA) is 12.0 Å². The van der Waals surface area contributed by atoms with E-state index in [1.165, 1.54) is 18.4 Å². The van der Waals surface area contributed by atoms with Crippen molar-refractivity contribution in [3.63, 3.8) is 0 Å². The van der Waals surface area contributed by atoms with Gasteiger partial charge in [0.2, 0.25) is 0 Å². The lowest BCUT2D eigenvalue weighted by Gasteiger charge is -2.38. The molecular formula is C16H23N. The van der Waals surface area contributed by atoms with Crippen molar-refractivity contribution in [2.75, 3.05) is 0 Å². The van der Waals surface area contributed by atoms with Gasteiger partial charge in [0.25, 0.3) is 0 Å². The Morgan fingerprint density at radius 2 is 2.12 bits per heavy atom. The lowest BCUT2D eigenvalue weighted by Crippen LogP contribution is -2.44. The average molecular weight is 229 g/mol. The summed E-state index contributed by atoms with van der Waals surface area (Å²) < 4.78 is 0. The molecule has 17 heavy (non-hydrogen) atoms. The Labute approximate surface area is 105 Å². The minimum absolute atomic E-state index is 0.565. The van der Waals surface area contributed by atoms with Gasteiger partial charge >= 0.3 is 0 Å². The number of hydrogen-bond donors (Lipinski definition) is 1. The zero-order chi connectivity index (χ0) is 12.3. The quantitative estimate of drug-likeness (QED) is 0.757. The molecule has 1 atom stereocenters. The van der Waals surface area contributed by atoms with Crippen molar-refractivity contribution in [3.8, 4) is 0 Å². The zero-order valence-electron chi connectivity index (χ0n) is 10.9. The van der Waals surface area contributed by atoms with E-state index in [-0.39, 0.29) is 0 Å². The monoisotopic (exact) mass is 229 g/mol. The molecule has 1 aromatic carbocycles. The van der Waals surface area contributed by atoms with Crippen LogP contribution in [0.15, 0.2) is 36.9 Å². The fourth-order valence-electron chi connectivity index (χ4n) is 2.77. The van der Waals surface area contributed by atoms with Crippen molar-refractivity contribution in [1.29, 1.82) is 0 Å². The normalized spacial score (nSPS) is 25.1. The summed E-state index contributed by atoms with van der Waals surface area (Å²) in [5, 5.41) is 3.67. The first-order valence-corrected chi connectivity index (χ1v) is 6.63. The fourth-order valence-corrected chi connectivity index (χ4v) is 2.77. The zero-order valence-corrected chi connectivity index (χ0v) is 10.9. The molecule has 1 saturated carbocycles. The molecule has 0 saturated heterocycles. The van der Waals surface area contributed by atoms with Gasteiger partial charge < -0.3 is 5.32 Å². The van der Waals surface area contributed by atoms with Crippen LogP contribution < -0.4 is 5.32 Å². The Balaban J connectivity index is 1.83. The van der Waals surface area contributed by atoms with Gasteiger partial charge in [-0.25, -0.2) is 0 Å². The smallest absolute Gasteiger partial charge is 0.00813 e. The highest BCUT2D eigenvalue weighted by Gasteiger charge is 2.31. The lowest BCUT2D eigenvalue weighted by molar-refractivity contribution is 0.269. The molecule has 1 nitrogen and oxygen atoms in total. The lowest BCUT2D eigenvalue weighted by atomic mass is 9.74. The van der Waals surface area contributed by atoms with Crippen LogP contribution >= 0.6 is 0 Å².